The minimum absolute atomic E-state index is 0.0695. The number of ether oxygens (including phenoxy) is 1. The fourth-order valence-electron chi connectivity index (χ4n) is 2.64. The molecule has 1 heterocycles. The topological polar surface area (TPSA) is 70.7 Å². The summed E-state index contributed by atoms with van der Waals surface area (Å²) in [5.41, 5.74) is 5.63. The number of methoxy groups -OCH3 is 1. The molecule has 3 rings (SSSR count). The Kier molecular flexibility index (Phi) is 5.98. The highest BCUT2D eigenvalue weighted by Gasteiger charge is 2.22. The number of hydrogen-bond acceptors (Lipinski definition) is 4. The number of carbonyl (C=O) groups is 2. The molecule has 0 aromatic heterocycles. The van der Waals surface area contributed by atoms with Crippen LogP contribution in [-0.4, -0.2) is 30.5 Å². The van der Waals surface area contributed by atoms with Gasteiger partial charge in [0.1, 0.15) is 12.3 Å². The van der Waals surface area contributed by atoms with Gasteiger partial charge in [-0.05, 0) is 41.5 Å². The van der Waals surface area contributed by atoms with Crippen LogP contribution in [0.15, 0.2) is 54.6 Å². The molecule has 27 heavy (non-hydrogen) atoms. The van der Waals surface area contributed by atoms with Crippen LogP contribution in [-0.2, 0) is 16.1 Å². The van der Waals surface area contributed by atoms with E-state index in [9.17, 15) is 9.59 Å². The molecule has 2 aromatic carbocycles. The lowest BCUT2D eigenvalue weighted by Crippen LogP contribution is -2.49. The van der Waals surface area contributed by atoms with E-state index in [2.05, 4.69) is 10.7 Å². The highest BCUT2D eigenvalue weighted by Crippen LogP contribution is 2.19. The number of hydrazine groups is 1. The fourth-order valence-corrected chi connectivity index (χ4v) is 2.76. The van der Waals surface area contributed by atoms with Crippen LogP contribution in [0.2, 0.25) is 5.02 Å². The third-order valence-corrected chi connectivity index (χ3v) is 4.39. The Hall–Kier alpha value is -2.99. The van der Waals surface area contributed by atoms with E-state index in [4.69, 9.17) is 16.3 Å². The lowest BCUT2D eigenvalue weighted by molar-refractivity contribution is -0.137. The Bertz CT molecular complexity index is 848. The summed E-state index contributed by atoms with van der Waals surface area (Å²) in [6, 6.07) is 14.7. The predicted octanol–water partition coefficient (Wildman–Crippen LogP) is 2.74. The van der Waals surface area contributed by atoms with Gasteiger partial charge in [-0.2, -0.15) is 0 Å². The summed E-state index contributed by atoms with van der Waals surface area (Å²) in [5, 5.41) is 4.78. The van der Waals surface area contributed by atoms with E-state index in [1.165, 1.54) is 5.01 Å². The van der Waals surface area contributed by atoms with Gasteiger partial charge in [0.05, 0.1) is 12.8 Å². The molecular formula is C20H20ClN3O3. The van der Waals surface area contributed by atoms with E-state index in [0.717, 1.165) is 22.6 Å². The maximum Gasteiger partial charge on any atom is 0.245 e. The molecule has 0 aliphatic carbocycles. The second-order valence-electron chi connectivity index (χ2n) is 6.05. The van der Waals surface area contributed by atoms with Crippen LogP contribution in [0.4, 0.5) is 0 Å². The van der Waals surface area contributed by atoms with E-state index in [1.54, 1.807) is 25.3 Å². The van der Waals surface area contributed by atoms with Gasteiger partial charge in [-0.25, -0.2) is 5.01 Å². The zero-order valence-electron chi connectivity index (χ0n) is 14.9. The molecule has 2 N–H and O–H groups in total. The minimum Gasteiger partial charge on any atom is -0.497 e. The maximum absolute atomic E-state index is 12.2. The van der Waals surface area contributed by atoms with E-state index in [1.807, 2.05) is 36.4 Å². The molecule has 2 amide bonds. The fraction of sp³-hybridized carbons (Fsp3) is 0.200. The number of hydrogen-bond donors (Lipinski definition) is 2. The zero-order valence-corrected chi connectivity index (χ0v) is 15.6. The van der Waals surface area contributed by atoms with Crippen LogP contribution in [0.25, 0.3) is 5.70 Å². The van der Waals surface area contributed by atoms with E-state index >= 15 is 0 Å². The number of nitrogens with one attached hydrogen (secondary N) is 2. The lowest BCUT2D eigenvalue weighted by Gasteiger charge is -2.28. The van der Waals surface area contributed by atoms with Crippen molar-refractivity contribution >= 4 is 29.1 Å². The van der Waals surface area contributed by atoms with Gasteiger partial charge in [0, 0.05) is 18.0 Å². The van der Waals surface area contributed by atoms with Crippen LogP contribution < -0.4 is 15.5 Å². The van der Waals surface area contributed by atoms with Crippen molar-refractivity contribution in [2.75, 3.05) is 13.7 Å². The first kappa shape index (κ1) is 18.8. The van der Waals surface area contributed by atoms with Crippen molar-refractivity contribution in [2.45, 2.75) is 13.0 Å². The smallest absolute Gasteiger partial charge is 0.245 e. The molecule has 1 aliphatic heterocycles. The molecule has 1 aliphatic rings. The Morgan fingerprint density at radius 3 is 2.56 bits per heavy atom. The Morgan fingerprint density at radius 1 is 1.19 bits per heavy atom. The molecule has 0 saturated heterocycles. The number of carbonyl (C=O) groups excluding carboxylic acids is 2. The van der Waals surface area contributed by atoms with Crippen molar-refractivity contribution in [3.05, 3.63) is 70.8 Å². The summed E-state index contributed by atoms with van der Waals surface area (Å²) < 4.78 is 5.11. The molecule has 0 unspecified atom stereocenters. The average Bonchev–Trinajstić information content (AvgIpc) is 2.69. The first-order valence-electron chi connectivity index (χ1n) is 8.48. The second kappa shape index (κ2) is 8.60. The molecule has 0 radical (unpaired) electrons. The van der Waals surface area contributed by atoms with Crippen molar-refractivity contribution in [1.29, 1.82) is 0 Å². The first-order chi connectivity index (χ1) is 13.0. The summed E-state index contributed by atoms with van der Waals surface area (Å²) in [7, 11) is 1.60. The largest absolute Gasteiger partial charge is 0.497 e. The van der Waals surface area contributed by atoms with Crippen LogP contribution in [0, 0.1) is 0 Å². The predicted molar refractivity (Wildman–Crippen MR) is 104 cm³/mol. The van der Waals surface area contributed by atoms with Gasteiger partial charge < -0.3 is 10.1 Å². The van der Waals surface area contributed by atoms with Gasteiger partial charge in [0.2, 0.25) is 11.8 Å². The number of benzene rings is 2. The summed E-state index contributed by atoms with van der Waals surface area (Å²) in [6.07, 6.45) is 2.04. The van der Waals surface area contributed by atoms with Gasteiger partial charge in [-0.15, -0.1) is 0 Å². The quantitative estimate of drug-likeness (QED) is 0.802. The van der Waals surface area contributed by atoms with Crippen LogP contribution in [0.5, 0.6) is 5.75 Å². The molecule has 0 spiro atoms. The molecule has 6 nitrogen and oxygen atoms in total. The SMILES string of the molecule is COc1ccc(CNC(=O)CN2NC(c3ccc(Cl)cc3)=CCC2=O)cc1. The molecule has 0 fully saturated rings. The van der Waals surface area contributed by atoms with Gasteiger partial charge >= 0.3 is 0 Å². The summed E-state index contributed by atoms with van der Waals surface area (Å²) in [4.78, 5) is 24.3. The number of rotatable bonds is 6. The maximum atomic E-state index is 12.2. The monoisotopic (exact) mass is 385 g/mol. The van der Waals surface area contributed by atoms with Gasteiger partial charge in [0.25, 0.3) is 0 Å². The lowest BCUT2D eigenvalue weighted by atomic mass is 10.1. The third kappa shape index (κ3) is 5.01. The number of nitrogens with zero attached hydrogens (tertiary/aromatic N) is 1. The Balaban J connectivity index is 1.55. The Morgan fingerprint density at radius 2 is 1.89 bits per heavy atom. The summed E-state index contributed by atoms with van der Waals surface area (Å²) in [6.45, 7) is 0.310. The molecule has 0 saturated carbocycles. The van der Waals surface area contributed by atoms with Crippen molar-refractivity contribution in [3.8, 4) is 5.75 Å². The number of amides is 2. The third-order valence-electron chi connectivity index (χ3n) is 4.14. The van der Waals surface area contributed by atoms with Crippen molar-refractivity contribution in [1.82, 2.24) is 15.8 Å². The van der Waals surface area contributed by atoms with E-state index < -0.39 is 0 Å². The van der Waals surface area contributed by atoms with Crippen LogP contribution >= 0.6 is 11.6 Å². The number of halogens is 1. The van der Waals surface area contributed by atoms with E-state index in [-0.39, 0.29) is 24.8 Å². The van der Waals surface area contributed by atoms with Crippen LogP contribution in [0.1, 0.15) is 17.5 Å². The summed E-state index contributed by atoms with van der Waals surface area (Å²) in [5.74, 6) is 0.353. The molecule has 7 heteroatoms. The van der Waals surface area contributed by atoms with Gasteiger partial charge in [-0.1, -0.05) is 35.9 Å². The first-order valence-corrected chi connectivity index (χ1v) is 8.85. The Labute approximate surface area is 162 Å². The van der Waals surface area contributed by atoms with Crippen molar-refractivity contribution in [2.24, 2.45) is 0 Å². The average molecular weight is 386 g/mol. The molecular weight excluding hydrogens is 366 g/mol. The molecule has 0 atom stereocenters. The molecule has 0 bridgehead atoms. The zero-order chi connectivity index (χ0) is 19.2. The normalized spacial score (nSPS) is 13.6. The molecule has 140 valence electrons. The molecule has 2 aromatic rings. The highest BCUT2D eigenvalue weighted by molar-refractivity contribution is 6.30. The second-order valence-corrected chi connectivity index (χ2v) is 6.48. The van der Waals surface area contributed by atoms with E-state index in [0.29, 0.717) is 11.6 Å². The van der Waals surface area contributed by atoms with Gasteiger partial charge in [-0.3, -0.25) is 15.0 Å². The van der Waals surface area contributed by atoms with Crippen LogP contribution in [0.3, 0.4) is 0 Å². The van der Waals surface area contributed by atoms with Gasteiger partial charge in [0.15, 0.2) is 0 Å². The standard InChI is InChI=1S/C20H20ClN3O3/c1-27-17-8-2-14(3-9-17)12-22-19(25)13-24-20(26)11-10-18(23-24)15-4-6-16(21)7-5-15/h2-10,23H,11-13H2,1H3,(H,22,25). The minimum atomic E-state index is -0.246. The van der Waals surface area contributed by atoms with Crippen molar-refractivity contribution < 1.29 is 14.3 Å². The van der Waals surface area contributed by atoms with Crippen molar-refractivity contribution in [3.63, 3.8) is 0 Å². The highest BCUT2D eigenvalue weighted by atomic mass is 35.5. The summed E-state index contributed by atoms with van der Waals surface area (Å²) >= 11 is 5.91.